The molecule has 0 amide bonds. The zero-order valence-corrected chi connectivity index (χ0v) is 10.8. The average Bonchev–Trinajstić information content (AvgIpc) is 2.43. The first kappa shape index (κ1) is 14.3. The van der Waals surface area contributed by atoms with Gasteiger partial charge in [-0.1, -0.05) is 0 Å². The van der Waals surface area contributed by atoms with Gasteiger partial charge in [0.15, 0.2) is 0 Å². The second-order valence-corrected chi connectivity index (χ2v) is 4.23. The van der Waals surface area contributed by atoms with Gasteiger partial charge in [0.1, 0.15) is 24.0 Å². The van der Waals surface area contributed by atoms with E-state index in [0.717, 1.165) is 11.8 Å². The van der Waals surface area contributed by atoms with Crippen LogP contribution in [0.3, 0.4) is 0 Å². The standard InChI is InChI=1S/C15H15F2NO2/c16-12-7-11(8-13(17)9-12)10-18-14-1-3-15(4-2-14)20-6-5-19/h1-4,7-9,18-19H,5-6,10H2. The smallest absolute Gasteiger partial charge is 0.126 e. The monoisotopic (exact) mass is 279 g/mol. The van der Waals surface area contributed by atoms with E-state index in [4.69, 9.17) is 9.84 Å². The van der Waals surface area contributed by atoms with E-state index in [-0.39, 0.29) is 13.2 Å². The van der Waals surface area contributed by atoms with Crippen LogP contribution in [0.1, 0.15) is 5.56 Å². The number of hydrogen-bond acceptors (Lipinski definition) is 3. The lowest BCUT2D eigenvalue weighted by Crippen LogP contribution is -2.02. The third kappa shape index (κ3) is 4.20. The Kier molecular flexibility index (Phi) is 4.90. The average molecular weight is 279 g/mol. The topological polar surface area (TPSA) is 41.5 Å². The summed E-state index contributed by atoms with van der Waals surface area (Å²) in [5, 5.41) is 11.7. The highest BCUT2D eigenvalue weighted by atomic mass is 19.1. The van der Waals surface area contributed by atoms with Gasteiger partial charge in [-0.15, -0.1) is 0 Å². The SMILES string of the molecule is OCCOc1ccc(NCc2cc(F)cc(F)c2)cc1. The van der Waals surface area contributed by atoms with Crippen LogP contribution in [0.15, 0.2) is 42.5 Å². The lowest BCUT2D eigenvalue weighted by atomic mass is 10.2. The van der Waals surface area contributed by atoms with E-state index in [1.165, 1.54) is 12.1 Å². The summed E-state index contributed by atoms with van der Waals surface area (Å²) < 4.78 is 31.3. The van der Waals surface area contributed by atoms with E-state index < -0.39 is 11.6 Å². The quantitative estimate of drug-likeness (QED) is 0.854. The first-order valence-corrected chi connectivity index (χ1v) is 6.20. The highest BCUT2D eigenvalue weighted by molar-refractivity contribution is 5.46. The fourth-order valence-corrected chi connectivity index (χ4v) is 1.75. The van der Waals surface area contributed by atoms with Crippen LogP contribution < -0.4 is 10.1 Å². The van der Waals surface area contributed by atoms with Crippen molar-refractivity contribution in [1.29, 1.82) is 0 Å². The van der Waals surface area contributed by atoms with Gasteiger partial charge in [-0.25, -0.2) is 8.78 Å². The van der Waals surface area contributed by atoms with Crippen molar-refractivity contribution in [2.75, 3.05) is 18.5 Å². The summed E-state index contributed by atoms with van der Waals surface area (Å²) in [6.07, 6.45) is 0. The Morgan fingerprint density at radius 1 is 1.00 bits per heavy atom. The van der Waals surface area contributed by atoms with Crippen LogP contribution in [-0.2, 0) is 6.54 Å². The van der Waals surface area contributed by atoms with Crippen molar-refractivity contribution < 1.29 is 18.6 Å². The molecular weight excluding hydrogens is 264 g/mol. The first-order valence-electron chi connectivity index (χ1n) is 6.20. The van der Waals surface area contributed by atoms with Crippen molar-refractivity contribution >= 4 is 5.69 Å². The highest BCUT2D eigenvalue weighted by Gasteiger charge is 2.01. The Morgan fingerprint density at radius 3 is 2.25 bits per heavy atom. The fraction of sp³-hybridized carbons (Fsp3) is 0.200. The van der Waals surface area contributed by atoms with Crippen LogP contribution in [0.4, 0.5) is 14.5 Å². The second-order valence-electron chi connectivity index (χ2n) is 4.23. The molecule has 2 N–H and O–H groups in total. The van der Waals surface area contributed by atoms with E-state index in [9.17, 15) is 8.78 Å². The number of nitrogens with one attached hydrogen (secondary N) is 1. The number of ether oxygens (including phenoxy) is 1. The molecule has 0 unspecified atom stereocenters. The van der Waals surface area contributed by atoms with Crippen LogP contribution >= 0.6 is 0 Å². The van der Waals surface area contributed by atoms with E-state index in [2.05, 4.69) is 5.32 Å². The van der Waals surface area contributed by atoms with E-state index in [0.29, 0.717) is 17.9 Å². The first-order chi connectivity index (χ1) is 9.67. The summed E-state index contributed by atoms with van der Waals surface area (Å²) in [4.78, 5) is 0. The number of hydrogen-bond donors (Lipinski definition) is 2. The second kappa shape index (κ2) is 6.86. The third-order valence-electron chi connectivity index (χ3n) is 2.63. The van der Waals surface area contributed by atoms with E-state index in [1.54, 1.807) is 24.3 Å². The highest BCUT2D eigenvalue weighted by Crippen LogP contribution is 2.17. The number of benzene rings is 2. The number of halogens is 2. The molecule has 106 valence electrons. The van der Waals surface area contributed by atoms with Gasteiger partial charge >= 0.3 is 0 Å². The maximum atomic E-state index is 13.0. The predicted molar refractivity (Wildman–Crippen MR) is 72.7 cm³/mol. The van der Waals surface area contributed by atoms with E-state index >= 15 is 0 Å². The van der Waals surface area contributed by atoms with Crippen LogP contribution in [0.25, 0.3) is 0 Å². The Labute approximate surface area is 115 Å². The molecule has 0 atom stereocenters. The Morgan fingerprint density at radius 2 is 1.65 bits per heavy atom. The van der Waals surface area contributed by atoms with Gasteiger partial charge in [-0.05, 0) is 42.0 Å². The minimum absolute atomic E-state index is 0.0366. The molecule has 2 aromatic rings. The number of aliphatic hydroxyl groups excluding tert-OH is 1. The molecule has 20 heavy (non-hydrogen) atoms. The summed E-state index contributed by atoms with van der Waals surface area (Å²) >= 11 is 0. The van der Waals surface area contributed by atoms with Gasteiger partial charge in [-0.3, -0.25) is 0 Å². The molecule has 0 radical (unpaired) electrons. The molecule has 0 spiro atoms. The molecule has 0 saturated carbocycles. The van der Waals surface area contributed by atoms with Crippen molar-refractivity contribution in [3.05, 3.63) is 59.7 Å². The third-order valence-corrected chi connectivity index (χ3v) is 2.63. The lowest BCUT2D eigenvalue weighted by Gasteiger charge is -2.08. The van der Waals surface area contributed by atoms with Gasteiger partial charge in [0.05, 0.1) is 6.61 Å². The molecule has 2 rings (SSSR count). The predicted octanol–water partition coefficient (Wildman–Crippen LogP) is 2.95. The van der Waals surface area contributed by atoms with Crippen molar-refractivity contribution in [2.45, 2.75) is 6.54 Å². The molecule has 0 aliphatic rings. The molecule has 3 nitrogen and oxygen atoms in total. The molecule has 5 heteroatoms. The molecular formula is C15H15F2NO2. The lowest BCUT2D eigenvalue weighted by molar-refractivity contribution is 0.201. The molecule has 0 saturated heterocycles. The molecule has 0 aliphatic heterocycles. The zero-order chi connectivity index (χ0) is 14.4. The van der Waals surface area contributed by atoms with E-state index in [1.807, 2.05) is 0 Å². The molecule has 0 fully saturated rings. The molecule has 0 aliphatic carbocycles. The largest absolute Gasteiger partial charge is 0.491 e. The minimum Gasteiger partial charge on any atom is -0.491 e. The summed E-state index contributed by atoms with van der Waals surface area (Å²) in [5.74, 6) is -0.523. The maximum Gasteiger partial charge on any atom is 0.126 e. The normalized spacial score (nSPS) is 10.3. The van der Waals surface area contributed by atoms with Crippen LogP contribution in [-0.4, -0.2) is 18.3 Å². The Hall–Kier alpha value is -2.14. The van der Waals surface area contributed by atoms with Gasteiger partial charge < -0.3 is 15.2 Å². The number of rotatable bonds is 6. The summed E-state index contributed by atoms with van der Waals surface area (Å²) in [6, 6.07) is 10.5. The van der Waals surface area contributed by atoms with Crippen molar-refractivity contribution in [1.82, 2.24) is 0 Å². The van der Waals surface area contributed by atoms with Gasteiger partial charge in [0.2, 0.25) is 0 Å². The van der Waals surface area contributed by atoms with Crippen molar-refractivity contribution in [3.8, 4) is 5.75 Å². The zero-order valence-electron chi connectivity index (χ0n) is 10.8. The molecule has 0 heterocycles. The van der Waals surface area contributed by atoms with Crippen LogP contribution in [0.2, 0.25) is 0 Å². The van der Waals surface area contributed by atoms with Gasteiger partial charge in [0.25, 0.3) is 0 Å². The number of anilines is 1. The summed E-state index contributed by atoms with van der Waals surface area (Å²) in [6.45, 7) is 0.534. The Bertz CT molecular complexity index is 538. The number of aliphatic hydroxyl groups is 1. The van der Waals surface area contributed by atoms with Crippen molar-refractivity contribution in [2.24, 2.45) is 0 Å². The van der Waals surface area contributed by atoms with Gasteiger partial charge in [0, 0.05) is 18.3 Å². The summed E-state index contributed by atoms with van der Waals surface area (Å²) in [7, 11) is 0. The van der Waals surface area contributed by atoms with Gasteiger partial charge in [-0.2, -0.15) is 0 Å². The molecule has 0 aromatic heterocycles. The molecule has 2 aromatic carbocycles. The van der Waals surface area contributed by atoms with Crippen molar-refractivity contribution in [3.63, 3.8) is 0 Å². The Balaban J connectivity index is 1.93. The fourth-order valence-electron chi connectivity index (χ4n) is 1.75. The van der Waals surface area contributed by atoms with Crippen LogP contribution in [0.5, 0.6) is 5.75 Å². The summed E-state index contributed by atoms with van der Waals surface area (Å²) in [5.41, 5.74) is 1.34. The minimum atomic E-state index is -0.588. The maximum absolute atomic E-state index is 13.0. The molecule has 0 bridgehead atoms. The van der Waals surface area contributed by atoms with Crippen LogP contribution in [0, 0.1) is 11.6 Å².